The molecule has 108 valence electrons. The number of nitrogens with zero attached hydrogens (tertiary/aromatic N) is 2. The van der Waals surface area contributed by atoms with Gasteiger partial charge in [-0.15, -0.1) is 0 Å². The zero-order chi connectivity index (χ0) is 14.3. The van der Waals surface area contributed by atoms with E-state index in [0.717, 1.165) is 30.4 Å². The van der Waals surface area contributed by atoms with Gasteiger partial charge in [0.1, 0.15) is 5.15 Å². The molecule has 0 spiro atoms. The number of hydrogen-bond acceptors (Lipinski definition) is 2. The summed E-state index contributed by atoms with van der Waals surface area (Å²) in [4.78, 5) is 4.17. The fourth-order valence-electron chi connectivity index (χ4n) is 1.58. The van der Waals surface area contributed by atoms with Gasteiger partial charge < -0.3 is 15.2 Å². The highest BCUT2D eigenvalue weighted by atomic mass is 35.5. The van der Waals surface area contributed by atoms with E-state index in [-0.39, 0.29) is 0 Å². The second kappa shape index (κ2) is 8.61. The molecule has 1 heterocycles. The van der Waals surface area contributed by atoms with Gasteiger partial charge in [-0.3, -0.25) is 4.99 Å². The smallest absolute Gasteiger partial charge is 0.191 e. The summed E-state index contributed by atoms with van der Waals surface area (Å²) in [5, 5.41) is 7.63. The lowest BCUT2D eigenvalue weighted by Crippen LogP contribution is -2.37. The van der Waals surface area contributed by atoms with Gasteiger partial charge >= 0.3 is 0 Å². The van der Waals surface area contributed by atoms with Crippen LogP contribution in [0.1, 0.15) is 12.1 Å². The minimum Gasteiger partial charge on any atom is -0.356 e. The van der Waals surface area contributed by atoms with Crippen LogP contribution in [0.15, 0.2) is 11.1 Å². The Morgan fingerprint density at radius 1 is 1.42 bits per heavy atom. The van der Waals surface area contributed by atoms with Crippen LogP contribution in [-0.2, 0) is 13.6 Å². The molecule has 1 aromatic heterocycles. The molecule has 0 aromatic carbocycles. The zero-order valence-corrected chi connectivity index (χ0v) is 13.8. The molecule has 1 aromatic rings. The Bertz CT molecular complexity index is 432. The summed E-state index contributed by atoms with van der Waals surface area (Å²) in [6.45, 7) is 1.54. The maximum atomic E-state index is 6.02. The molecule has 0 saturated heterocycles. The van der Waals surface area contributed by atoms with Crippen molar-refractivity contribution in [2.75, 3.05) is 25.6 Å². The van der Waals surface area contributed by atoms with Crippen molar-refractivity contribution >= 4 is 40.9 Å². The van der Waals surface area contributed by atoms with Crippen molar-refractivity contribution in [2.45, 2.75) is 13.0 Å². The summed E-state index contributed by atoms with van der Waals surface area (Å²) in [7, 11) is 3.65. The van der Waals surface area contributed by atoms with Crippen molar-refractivity contribution in [1.82, 2.24) is 15.2 Å². The van der Waals surface area contributed by atoms with Crippen LogP contribution in [0, 0.1) is 0 Å². The van der Waals surface area contributed by atoms with Crippen molar-refractivity contribution < 1.29 is 0 Å². The first kappa shape index (κ1) is 16.5. The number of aliphatic imine (C=N–C) groups is 1. The van der Waals surface area contributed by atoms with Crippen LogP contribution >= 0.6 is 35.0 Å². The maximum absolute atomic E-state index is 6.02. The normalized spacial score (nSPS) is 11.7. The van der Waals surface area contributed by atoms with E-state index in [1.165, 1.54) is 0 Å². The molecular weight excluding hydrogens is 303 g/mol. The van der Waals surface area contributed by atoms with Crippen molar-refractivity contribution in [3.63, 3.8) is 0 Å². The van der Waals surface area contributed by atoms with Gasteiger partial charge in [-0.25, -0.2) is 0 Å². The number of hydrogen-bond donors (Lipinski definition) is 2. The van der Waals surface area contributed by atoms with E-state index in [2.05, 4.69) is 21.9 Å². The number of rotatable bonds is 6. The highest BCUT2D eigenvalue weighted by molar-refractivity contribution is 7.98. The summed E-state index contributed by atoms with van der Waals surface area (Å²) < 4.78 is 1.86. The van der Waals surface area contributed by atoms with Crippen LogP contribution in [0.5, 0.6) is 0 Å². The lowest BCUT2D eigenvalue weighted by Gasteiger charge is -2.12. The van der Waals surface area contributed by atoms with Crippen molar-refractivity contribution in [2.24, 2.45) is 12.0 Å². The molecule has 0 saturated carbocycles. The molecule has 0 aliphatic rings. The molecule has 0 aliphatic carbocycles. The quantitative estimate of drug-likeness (QED) is 0.480. The highest BCUT2D eigenvalue weighted by Crippen LogP contribution is 2.24. The summed E-state index contributed by atoms with van der Waals surface area (Å²) in [5.41, 5.74) is 1.02. The monoisotopic (exact) mass is 322 g/mol. The molecule has 2 N–H and O–H groups in total. The molecule has 0 fully saturated rings. The lowest BCUT2D eigenvalue weighted by molar-refractivity contribution is 0.743. The molecule has 1 rings (SSSR count). The molecule has 0 radical (unpaired) electrons. The zero-order valence-electron chi connectivity index (χ0n) is 11.5. The molecule has 0 atom stereocenters. The van der Waals surface area contributed by atoms with Crippen LogP contribution < -0.4 is 10.6 Å². The van der Waals surface area contributed by atoms with Gasteiger partial charge in [-0.2, -0.15) is 11.8 Å². The van der Waals surface area contributed by atoms with E-state index in [0.29, 0.717) is 16.7 Å². The number of nitrogens with one attached hydrogen (secondary N) is 2. The lowest BCUT2D eigenvalue weighted by atomic mass is 10.4. The minimum atomic E-state index is 0.557. The summed E-state index contributed by atoms with van der Waals surface area (Å²) in [6.07, 6.45) is 3.22. The average Bonchev–Trinajstić information content (AvgIpc) is 2.65. The topological polar surface area (TPSA) is 41.4 Å². The molecule has 4 nitrogen and oxygen atoms in total. The van der Waals surface area contributed by atoms with E-state index < -0.39 is 0 Å². The largest absolute Gasteiger partial charge is 0.356 e. The van der Waals surface area contributed by atoms with Crippen molar-refractivity contribution in [3.8, 4) is 0 Å². The van der Waals surface area contributed by atoms with E-state index in [1.54, 1.807) is 7.05 Å². The third-order valence-electron chi connectivity index (χ3n) is 2.69. The molecule has 0 amide bonds. The predicted octanol–water partition coefficient (Wildman–Crippen LogP) is 2.75. The van der Waals surface area contributed by atoms with Crippen LogP contribution in [0.25, 0.3) is 0 Å². The fourth-order valence-corrected chi connectivity index (χ4v) is 2.43. The number of guanidine groups is 1. The Balaban J connectivity index is 2.43. The standard InChI is InChI=1S/C12H20Cl2N4S/c1-15-12(16-5-4-6-19-3)17-8-9-7-10(13)11(14)18(9)2/h7H,4-6,8H2,1-3H3,(H2,15,16,17). The van der Waals surface area contributed by atoms with Crippen LogP contribution in [-0.4, -0.2) is 36.1 Å². The first-order valence-electron chi connectivity index (χ1n) is 6.03. The van der Waals surface area contributed by atoms with E-state index in [9.17, 15) is 0 Å². The van der Waals surface area contributed by atoms with Gasteiger partial charge in [-0.05, 0) is 24.5 Å². The van der Waals surface area contributed by atoms with Gasteiger partial charge in [0.25, 0.3) is 0 Å². The Hall–Kier alpha value is -0.520. The molecular formula is C12H20Cl2N4S. The van der Waals surface area contributed by atoms with E-state index in [1.807, 2.05) is 29.4 Å². The Morgan fingerprint density at radius 2 is 2.16 bits per heavy atom. The Labute approximate surface area is 128 Å². The van der Waals surface area contributed by atoms with Gasteiger partial charge in [-0.1, -0.05) is 23.2 Å². The Morgan fingerprint density at radius 3 is 2.68 bits per heavy atom. The highest BCUT2D eigenvalue weighted by Gasteiger charge is 2.09. The number of halogens is 2. The van der Waals surface area contributed by atoms with Crippen LogP contribution in [0.2, 0.25) is 10.2 Å². The van der Waals surface area contributed by atoms with Crippen LogP contribution in [0.4, 0.5) is 0 Å². The van der Waals surface area contributed by atoms with Crippen LogP contribution in [0.3, 0.4) is 0 Å². The second-order valence-corrected chi connectivity index (χ2v) is 5.78. The van der Waals surface area contributed by atoms with E-state index in [4.69, 9.17) is 23.2 Å². The molecule has 0 unspecified atom stereocenters. The molecule has 0 aliphatic heterocycles. The van der Waals surface area contributed by atoms with Crippen molar-refractivity contribution in [1.29, 1.82) is 0 Å². The number of thioether (sulfide) groups is 1. The third kappa shape index (κ3) is 5.16. The summed E-state index contributed by atoms with van der Waals surface area (Å²) in [5.74, 6) is 1.93. The number of aromatic nitrogens is 1. The fraction of sp³-hybridized carbons (Fsp3) is 0.583. The van der Waals surface area contributed by atoms with Gasteiger partial charge in [0.05, 0.1) is 11.6 Å². The SMILES string of the molecule is CN=C(NCCCSC)NCc1cc(Cl)c(Cl)n1C. The summed E-state index contributed by atoms with van der Waals surface area (Å²) in [6, 6.07) is 1.86. The minimum absolute atomic E-state index is 0.557. The van der Waals surface area contributed by atoms with Gasteiger partial charge in [0.15, 0.2) is 5.96 Å². The molecule has 19 heavy (non-hydrogen) atoms. The maximum Gasteiger partial charge on any atom is 0.191 e. The first-order chi connectivity index (χ1) is 9.10. The summed E-state index contributed by atoms with van der Waals surface area (Å²) >= 11 is 13.8. The van der Waals surface area contributed by atoms with Gasteiger partial charge in [0.2, 0.25) is 0 Å². The third-order valence-corrected chi connectivity index (χ3v) is 4.23. The first-order valence-corrected chi connectivity index (χ1v) is 8.18. The Kier molecular flexibility index (Phi) is 7.49. The second-order valence-electron chi connectivity index (χ2n) is 4.03. The van der Waals surface area contributed by atoms with Gasteiger partial charge in [0, 0.05) is 26.3 Å². The molecule has 0 bridgehead atoms. The van der Waals surface area contributed by atoms with Crippen molar-refractivity contribution in [3.05, 3.63) is 21.9 Å². The van der Waals surface area contributed by atoms with E-state index >= 15 is 0 Å². The predicted molar refractivity (Wildman–Crippen MR) is 86.6 cm³/mol. The molecule has 7 heteroatoms. The average molecular weight is 323 g/mol.